The summed E-state index contributed by atoms with van der Waals surface area (Å²) in [6.07, 6.45) is 0.848. The number of nitrogens with zero attached hydrogens (tertiary/aromatic N) is 2. The van der Waals surface area contributed by atoms with Gasteiger partial charge in [-0.3, -0.25) is 9.88 Å². The van der Waals surface area contributed by atoms with E-state index in [1.807, 2.05) is 11.8 Å². The monoisotopic (exact) mass is 383 g/mol. The number of halogens is 2. The number of rotatable bonds is 4. The largest absolute Gasteiger partial charge is 0.497 e. The number of hydrogen-bond acceptors (Lipinski definition) is 5. The first-order valence-electron chi connectivity index (χ1n) is 8.93. The minimum absolute atomic E-state index is 0.155. The average molecular weight is 383 g/mol. The molecule has 0 radical (unpaired) electrons. The predicted molar refractivity (Wildman–Crippen MR) is 103 cm³/mol. The Balaban J connectivity index is 2.03. The van der Waals surface area contributed by atoms with Crippen LogP contribution < -0.4 is 10.5 Å². The molecule has 4 rings (SSSR count). The van der Waals surface area contributed by atoms with Gasteiger partial charge in [-0.05, 0) is 36.4 Å². The molecule has 0 fully saturated rings. The lowest BCUT2D eigenvalue weighted by atomic mass is 9.97. The van der Waals surface area contributed by atoms with Crippen molar-refractivity contribution in [3.05, 3.63) is 53.2 Å². The van der Waals surface area contributed by atoms with Crippen LogP contribution in [-0.4, -0.2) is 29.8 Å². The third-order valence-corrected chi connectivity index (χ3v) is 5.24. The van der Waals surface area contributed by atoms with E-state index in [1.54, 1.807) is 12.1 Å². The number of nitrogens with two attached hydrogens (primary N) is 1. The van der Waals surface area contributed by atoms with Gasteiger partial charge in [0.05, 0.1) is 24.4 Å². The number of hydrogen-bond donors (Lipinski definition) is 1. The number of carbonyl (C=O) groups is 1. The van der Waals surface area contributed by atoms with Crippen LogP contribution in [0.5, 0.6) is 5.75 Å². The Morgan fingerprint density at radius 3 is 2.79 bits per heavy atom. The molecule has 5 nitrogen and oxygen atoms in total. The Bertz CT molecular complexity index is 1100. The fourth-order valence-corrected chi connectivity index (χ4v) is 3.88. The Morgan fingerprint density at radius 2 is 2.11 bits per heavy atom. The lowest BCUT2D eigenvalue weighted by Crippen LogP contribution is -2.22. The summed E-state index contributed by atoms with van der Waals surface area (Å²) in [4.78, 5) is 18.2. The van der Waals surface area contributed by atoms with Gasteiger partial charge < -0.3 is 15.3 Å². The third kappa shape index (κ3) is 2.70. The summed E-state index contributed by atoms with van der Waals surface area (Å²) >= 11 is 0. The third-order valence-electron chi connectivity index (χ3n) is 5.24. The van der Waals surface area contributed by atoms with Gasteiger partial charge in [0.25, 0.3) is 0 Å². The molecule has 1 aliphatic heterocycles. The van der Waals surface area contributed by atoms with Crippen molar-refractivity contribution in [2.24, 2.45) is 0 Å². The normalized spacial score (nSPS) is 16.4. The summed E-state index contributed by atoms with van der Waals surface area (Å²) in [7, 11) is 1.42. The molecule has 2 N–H and O–H groups in total. The van der Waals surface area contributed by atoms with Crippen LogP contribution in [0.3, 0.4) is 0 Å². The maximum absolute atomic E-state index is 14.8. The van der Waals surface area contributed by atoms with E-state index < -0.39 is 17.7 Å². The van der Waals surface area contributed by atoms with Gasteiger partial charge in [-0.1, -0.05) is 6.92 Å². The molecular formula is C21H19F2N3O2. The van der Waals surface area contributed by atoms with Gasteiger partial charge in [-0.25, -0.2) is 8.78 Å². The Hall–Kier alpha value is -3.06. The summed E-state index contributed by atoms with van der Waals surface area (Å²) in [5.74, 6) is -0.805. The van der Waals surface area contributed by atoms with Crippen molar-refractivity contribution >= 4 is 22.9 Å². The van der Waals surface area contributed by atoms with Crippen LogP contribution in [0, 0.1) is 11.6 Å². The van der Waals surface area contributed by atoms with Crippen molar-refractivity contribution in [1.82, 2.24) is 9.88 Å². The van der Waals surface area contributed by atoms with Gasteiger partial charge in [-0.15, -0.1) is 0 Å². The second-order valence-corrected chi connectivity index (χ2v) is 6.73. The fraction of sp³-hybridized carbons (Fsp3) is 0.238. The molecule has 0 aliphatic carbocycles. The molecule has 0 saturated heterocycles. The van der Waals surface area contributed by atoms with Gasteiger partial charge in [0.15, 0.2) is 0 Å². The maximum Gasteiger partial charge on any atom is 0.141 e. The van der Waals surface area contributed by atoms with Gasteiger partial charge in [-0.2, -0.15) is 0 Å². The summed E-state index contributed by atoms with van der Waals surface area (Å²) in [6.45, 7) is 3.04. The summed E-state index contributed by atoms with van der Waals surface area (Å²) in [5, 5.41) is 0.531. The Morgan fingerprint density at radius 1 is 1.32 bits per heavy atom. The zero-order valence-corrected chi connectivity index (χ0v) is 15.5. The van der Waals surface area contributed by atoms with E-state index in [-0.39, 0.29) is 11.3 Å². The highest BCUT2D eigenvalue weighted by Gasteiger charge is 2.33. The second kappa shape index (κ2) is 6.83. The second-order valence-electron chi connectivity index (χ2n) is 6.73. The molecule has 7 heteroatoms. The lowest BCUT2D eigenvalue weighted by Gasteiger charge is -2.18. The van der Waals surface area contributed by atoms with Crippen LogP contribution in [0.25, 0.3) is 22.0 Å². The van der Waals surface area contributed by atoms with E-state index in [9.17, 15) is 13.6 Å². The molecule has 28 heavy (non-hydrogen) atoms. The van der Waals surface area contributed by atoms with Crippen LogP contribution in [0.15, 0.2) is 30.3 Å². The first-order valence-corrected chi connectivity index (χ1v) is 8.93. The SMILES string of the molecule is CCN1Cc2nc3c(-c4cc(F)cc(OC)c4)c(F)ccc3c(N)c2C1C=O. The fourth-order valence-electron chi connectivity index (χ4n) is 3.88. The topological polar surface area (TPSA) is 68.5 Å². The van der Waals surface area contributed by atoms with Crippen molar-refractivity contribution < 1.29 is 18.3 Å². The molecule has 0 spiro atoms. The molecule has 1 aromatic heterocycles. The van der Waals surface area contributed by atoms with E-state index in [1.165, 1.54) is 25.3 Å². The average Bonchev–Trinajstić information content (AvgIpc) is 3.05. The Kier molecular flexibility index (Phi) is 4.47. The van der Waals surface area contributed by atoms with E-state index in [0.29, 0.717) is 46.5 Å². The molecular weight excluding hydrogens is 364 g/mol. The van der Waals surface area contributed by atoms with E-state index in [0.717, 1.165) is 6.29 Å². The summed E-state index contributed by atoms with van der Waals surface area (Å²) in [6, 6.07) is 6.36. The molecule has 0 saturated carbocycles. The molecule has 1 aliphatic rings. The highest BCUT2D eigenvalue weighted by atomic mass is 19.1. The molecule has 3 aromatic rings. The standard InChI is InChI=1S/C21H19F2N3O2/c1-3-26-9-16-19(17(26)10-27)20(24)14-4-5-15(23)18(21(14)25-16)11-6-12(22)8-13(7-11)28-2/h4-8,10,17H,3,9H2,1-2H3,(H2,24,25). The number of aromatic nitrogens is 1. The van der Waals surface area contributed by atoms with Crippen molar-refractivity contribution in [2.75, 3.05) is 19.4 Å². The van der Waals surface area contributed by atoms with Crippen molar-refractivity contribution in [2.45, 2.75) is 19.5 Å². The number of carbonyl (C=O) groups excluding carboxylic acids is 1. The van der Waals surface area contributed by atoms with Gasteiger partial charge in [0, 0.05) is 34.8 Å². The van der Waals surface area contributed by atoms with Gasteiger partial charge in [0.2, 0.25) is 0 Å². The van der Waals surface area contributed by atoms with Crippen molar-refractivity contribution in [3.8, 4) is 16.9 Å². The number of methoxy groups -OCH3 is 1. The first-order chi connectivity index (χ1) is 13.5. The predicted octanol–water partition coefficient (Wildman–Crippen LogP) is 3.85. The van der Waals surface area contributed by atoms with Crippen LogP contribution in [0.4, 0.5) is 14.5 Å². The van der Waals surface area contributed by atoms with Crippen LogP contribution in [0.2, 0.25) is 0 Å². The number of likely N-dealkylation sites (N-methyl/N-ethyl adjacent to an activating group) is 1. The summed E-state index contributed by atoms with van der Waals surface area (Å²) < 4.78 is 34.0. The molecule has 2 heterocycles. The quantitative estimate of drug-likeness (QED) is 0.693. The number of aldehydes is 1. The molecule has 2 aromatic carbocycles. The molecule has 1 atom stereocenters. The molecule has 0 bridgehead atoms. The van der Waals surface area contributed by atoms with Gasteiger partial charge >= 0.3 is 0 Å². The van der Waals surface area contributed by atoms with Crippen molar-refractivity contribution in [1.29, 1.82) is 0 Å². The maximum atomic E-state index is 14.8. The zero-order valence-electron chi connectivity index (χ0n) is 15.5. The number of ether oxygens (including phenoxy) is 1. The smallest absolute Gasteiger partial charge is 0.141 e. The highest BCUT2D eigenvalue weighted by Crippen LogP contribution is 2.42. The van der Waals surface area contributed by atoms with E-state index in [2.05, 4.69) is 4.98 Å². The van der Waals surface area contributed by atoms with Crippen LogP contribution in [-0.2, 0) is 11.3 Å². The molecule has 0 amide bonds. The number of pyridine rings is 1. The minimum atomic E-state index is -0.543. The lowest BCUT2D eigenvalue weighted by molar-refractivity contribution is -0.112. The highest BCUT2D eigenvalue weighted by molar-refractivity contribution is 6.02. The minimum Gasteiger partial charge on any atom is -0.497 e. The van der Waals surface area contributed by atoms with Crippen LogP contribution in [0.1, 0.15) is 24.2 Å². The first kappa shape index (κ1) is 18.3. The number of benzene rings is 2. The number of anilines is 1. The van der Waals surface area contributed by atoms with E-state index >= 15 is 0 Å². The molecule has 1 unspecified atom stereocenters. The number of fused-ring (bicyclic) bond motifs is 2. The zero-order chi connectivity index (χ0) is 20.0. The molecule has 144 valence electrons. The number of nitrogen functional groups attached to an aromatic ring is 1. The Labute approximate surface area is 160 Å². The van der Waals surface area contributed by atoms with Crippen molar-refractivity contribution in [3.63, 3.8) is 0 Å². The van der Waals surface area contributed by atoms with Gasteiger partial charge in [0.1, 0.15) is 23.7 Å². The van der Waals surface area contributed by atoms with Crippen LogP contribution >= 0.6 is 0 Å². The summed E-state index contributed by atoms with van der Waals surface area (Å²) in [5.41, 5.74) is 8.90. The van der Waals surface area contributed by atoms with E-state index in [4.69, 9.17) is 10.5 Å².